The van der Waals surface area contributed by atoms with Crippen molar-refractivity contribution in [3.63, 3.8) is 0 Å². The number of anilines is 1. The zero-order valence-corrected chi connectivity index (χ0v) is 14.9. The Labute approximate surface area is 152 Å². The van der Waals surface area contributed by atoms with Gasteiger partial charge < -0.3 is 24.4 Å². The minimum atomic E-state index is -0.253. The van der Waals surface area contributed by atoms with Crippen LogP contribution in [0.4, 0.5) is 5.95 Å². The first-order chi connectivity index (χ1) is 12.7. The molecule has 1 saturated heterocycles. The summed E-state index contributed by atoms with van der Waals surface area (Å²) in [5.41, 5.74) is 1.24. The third-order valence-corrected chi connectivity index (χ3v) is 4.07. The second kappa shape index (κ2) is 8.48. The first-order valence-electron chi connectivity index (χ1n) is 8.36. The summed E-state index contributed by atoms with van der Waals surface area (Å²) in [6, 6.07) is 7.12. The SMILES string of the molecule is COc1ccc(CNC(=O)c2ccnc(N3CCOCC3)n2)cc1OC. The number of ether oxygens (including phenoxy) is 3. The second-order valence-corrected chi connectivity index (χ2v) is 5.71. The largest absolute Gasteiger partial charge is 0.493 e. The molecule has 1 amide bonds. The van der Waals surface area contributed by atoms with Gasteiger partial charge in [0.1, 0.15) is 5.69 Å². The Morgan fingerprint density at radius 2 is 1.96 bits per heavy atom. The molecule has 1 aliphatic heterocycles. The summed E-state index contributed by atoms with van der Waals surface area (Å²) in [7, 11) is 3.16. The van der Waals surface area contributed by atoms with Crippen LogP contribution in [0.3, 0.4) is 0 Å². The summed E-state index contributed by atoms with van der Waals surface area (Å²) in [6.45, 7) is 3.07. The average molecular weight is 358 g/mol. The van der Waals surface area contributed by atoms with E-state index in [1.807, 2.05) is 23.1 Å². The number of hydrogen-bond donors (Lipinski definition) is 1. The first kappa shape index (κ1) is 17.9. The Morgan fingerprint density at radius 1 is 1.19 bits per heavy atom. The van der Waals surface area contributed by atoms with Gasteiger partial charge in [-0.05, 0) is 23.8 Å². The molecule has 1 aromatic heterocycles. The molecule has 0 spiro atoms. The predicted octanol–water partition coefficient (Wildman–Crippen LogP) is 1.26. The molecule has 0 bridgehead atoms. The zero-order chi connectivity index (χ0) is 18.4. The van der Waals surface area contributed by atoms with Gasteiger partial charge in [0.25, 0.3) is 5.91 Å². The standard InChI is InChI=1S/C18H22N4O4/c1-24-15-4-3-13(11-16(15)25-2)12-20-17(23)14-5-6-19-18(21-14)22-7-9-26-10-8-22/h3-6,11H,7-10,12H2,1-2H3,(H,20,23). The number of carbonyl (C=O) groups excluding carboxylic acids is 1. The van der Waals surface area contributed by atoms with Gasteiger partial charge >= 0.3 is 0 Å². The maximum Gasteiger partial charge on any atom is 0.270 e. The van der Waals surface area contributed by atoms with Gasteiger partial charge in [0.15, 0.2) is 11.5 Å². The number of aromatic nitrogens is 2. The fraction of sp³-hybridized carbons (Fsp3) is 0.389. The van der Waals surface area contributed by atoms with Gasteiger partial charge in [-0.25, -0.2) is 9.97 Å². The number of nitrogens with one attached hydrogen (secondary N) is 1. The Bertz CT molecular complexity index is 763. The van der Waals surface area contributed by atoms with E-state index in [1.54, 1.807) is 26.5 Å². The lowest BCUT2D eigenvalue weighted by Crippen LogP contribution is -2.37. The van der Waals surface area contributed by atoms with E-state index < -0.39 is 0 Å². The summed E-state index contributed by atoms with van der Waals surface area (Å²) in [4.78, 5) is 23.1. The van der Waals surface area contributed by atoms with Crippen molar-refractivity contribution in [2.45, 2.75) is 6.54 Å². The molecule has 8 nitrogen and oxygen atoms in total. The highest BCUT2D eigenvalue weighted by atomic mass is 16.5. The van der Waals surface area contributed by atoms with Crippen LogP contribution in [0.15, 0.2) is 30.5 Å². The molecule has 0 saturated carbocycles. The lowest BCUT2D eigenvalue weighted by molar-refractivity contribution is 0.0945. The molecule has 0 aliphatic carbocycles. The van der Waals surface area contributed by atoms with E-state index in [2.05, 4.69) is 15.3 Å². The molecule has 1 N–H and O–H groups in total. The third-order valence-electron chi connectivity index (χ3n) is 4.07. The number of methoxy groups -OCH3 is 2. The van der Waals surface area contributed by atoms with E-state index in [4.69, 9.17) is 14.2 Å². The van der Waals surface area contributed by atoms with E-state index in [-0.39, 0.29) is 5.91 Å². The molecule has 1 aromatic carbocycles. The van der Waals surface area contributed by atoms with Crippen LogP contribution in [0, 0.1) is 0 Å². The van der Waals surface area contributed by atoms with Crippen LogP contribution >= 0.6 is 0 Å². The van der Waals surface area contributed by atoms with Crippen LogP contribution in [0.2, 0.25) is 0 Å². The molecule has 0 unspecified atom stereocenters. The van der Waals surface area contributed by atoms with E-state index in [0.717, 1.165) is 18.7 Å². The molecule has 2 aromatic rings. The molecular formula is C18H22N4O4. The minimum Gasteiger partial charge on any atom is -0.493 e. The fourth-order valence-electron chi connectivity index (χ4n) is 2.65. The highest BCUT2D eigenvalue weighted by Crippen LogP contribution is 2.27. The van der Waals surface area contributed by atoms with Gasteiger partial charge in [-0.1, -0.05) is 6.07 Å². The maximum atomic E-state index is 12.4. The van der Waals surface area contributed by atoms with E-state index in [0.29, 0.717) is 42.9 Å². The number of benzene rings is 1. The Morgan fingerprint density at radius 3 is 2.69 bits per heavy atom. The van der Waals surface area contributed by atoms with Crippen LogP contribution < -0.4 is 19.7 Å². The van der Waals surface area contributed by atoms with Crippen LogP contribution in [-0.2, 0) is 11.3 Å². The highest BCUT2D eigenvalue weighted by Gasteiger charge is 2.16. The lowest BCUT2D eigenvalue weighted by atomic mass is 10.2. The minimum absolute atomic E-state index is 0.253. The molecule has 138 valence electrons. The van der Waals surface area contributed by atoms with Crippen molar-refractivity contribution in [3.05, 3.63) is 41.7 Å². The van der Waals surface area contributed by atoms with Crippen LogP contribution in [0.25, 0.3) is 0 Å². The molecule has 1 aliphatic rings. The average Bonchev–Trinajstić information content (AvgIpc) is 2.72. The predicted molar refractivity (Wildman–Crippen MR) is 95.8 cm³/mol. The van der Waals surface area contributed by atoms with Crippen LogP contribution in [-0.4, -0.2) is 56.4 Å². The topological polar surface area (TPSA) is 85.8 Å². The summed E-state index contributed by atoms with van der Waals surface area (Å²) >= 11 is 0. The quantitative estimate of drug-likeness (QED) is 0.832. The Balaban J connectivity index is 1.65. The van der Waals surface area contributed by atoms with Gasteiger partial charge in [0.2, 0.25) is 5.95 Å². The molecule has 3 rings (SSSR count). The summed E-state index contributed by atoms with van der Waals surface area (Å²) in [5, 5.41) is 2.87. The Kier molecular flexibility index (Phi) is 5.85. The van der Waals surface area contributed by atoms with Crippen molar-refractivity contribution in [1.29, 1.82) is 0 Å². The molecule has 26 heavy (non-hydrogen) atoms. The summed E-state index contributed by atoms with van der Waals surface area (Å²) < 4.78 is 15.8. The van der Waals surface area contributed by atoms with Gasteiger partial charge in [0.05, 0.1) is 27.4 Å². The molecule has 0 radical (unpaired) electrons. The second-order valence-electron chi connectivity index (χ2n) is 5.71. The van der Waals surface area contributed by atoms with E-state index in [1.165, 1.54) is 0 Å². The molecular weight excluding hydrogens is 336 g/mol. The zero-order valence-electron chi connectivity index (χ0n) is 14.9. The van der Waals surface area contributed by atoms with Crippen LogP contribution in [0.1, 0.15) is 16.1 Å². The van der Waals surface area contributed by atoms with E-state index >= 15 is 0 Å². The third kappa shape index (κ3) is 4.20. The van der Waals surface area contributed by atoms with E-state index in [9.17, 15) is 4.79 Å². The Hall–Kier alpha value is -2.87. The fourth-order valence-corrected chi connectivity index (χ4v) is 2.65. The highest BCUT2D eigenvalue weighted by molar-refractivity contribution is 5.92. The lowest BCUT2D eigenvalue weighted by Gasteiger charge is -2.26. The number of hydrogen-bond acceptors (Lipinski definition) is 7. The normalized spacial score (nSPS) is 14.0. The summed E-state index contributed by atoms with van der Waals surface area (Å²) in [5.74, 6) is 1.56. The number of rotatable bonds is 6. The van der Waals surface area contributed by atoms with Crippen molar-refractivity contribution in [3.8, 4) is 11.5 Å². The molecule has 0 atom stereocenters. The first-order valence-corrected chi connectivity index (χ1v) is 8.36. The molecule has 1 fully saturated rings. The van der Waals surface area contributed by atoms with Crippen LogP contribution in [0.5, 0.6) is 11.5 Å². The monoisotopic (exact) mass is 358 g/mol. The van der Waals surface area contributed by atoms with Gasteiger partial charge in [-0.15, -0.1) is 0 Å². The van der Waals surface area contributed by atoms with Gasteiger partial charge in [0, 0.05) is 25.8 Å². The smallest absolute Gasteiger partial charge is 0.270 e. The van der Waals surface area contributed by atoms with Crippen molar-refractivity contribution >= 4 is 11.9 Å². The number of morpholine rings is 1. The number of nitrogens with zero attached hydrogens (tertiary/aromatic N) is 3. The number of carbonyl (C=O) groups is 1. The van der Waals surface area contributed by atoms with Crippen molar-refractivity contribution in [2.24, 2.45) is 0 Å². The van der Waals surface area contributed by atoms with Crippen molar-refractivity contribution in [2.75, 3.05) is 45.4 Å². The van der Waals surface area contributed by atoms with Gasteiger partial charge in [-0.2, -0.15) is 0 Å². The molecule has 2 heterocycles. The maximum absolute atomic E-state index is 12.4. The number of amides is 1. The van der Waals surface area contributed by atoms with Crippen molar-refractivity contribution in [1.82, 2.24) is 15.3 Å². The van der Waals surface area contributed by atoms with Crippen molar-refractivity contribution < 1.29 is 19.0 Å². The van der Waals surface area contributed by atoms with Gasteiger partial charge in [-0.3, -0.25) is 4.79 Å². The molecule has 8 heteroatoms. The summed E-state index contributed by atoms with van der Waals surface area (Å²) in [6.07, 6.45) is 1.60.